The summed E-state index contributed by atoms with van der Waals surface area (Å²) in [7, 11) is 3.52. The van der Waals surface area contributed by atoms with Gasteiger partial charge in [0, 0.05) is 39.5 Å². The lowest BCUT2D eigenvalue weighted by atomic mass is 9.86. The van der Waals surface area contributed by atoms with Crippen molar-refractivity contribution in [2.45, 2.75) is 82.6 Å². The fourth-order valence-corrected chi connectivity index (χ4v) is 4.43. The molecule has 29 heavy (non-hydrogen) atoms. The first kappa shape index (κ1) is 24.7. The van der Waals surface area contributed by atoms with E-state index in [0.29, 0.717) is 31.1 Å². The highest BCUT2D eigenvalue weighted by atomic mass is 127. The van der Waals surface area contributed by atoms with Crippen LogP contribution in [-0.2, 0) is 14.3 Å². The van der Waals surface area contributed by atoms with Crippen molar-refractivity contribution < 1.29 is 14.3 Å². The Hall–Kier alpha value is -0.610. The fraction of sp³-hybridized carbons (Fsp3) is 0.905. The Labute approximate surface area is 192 Å². The number of rotatable bonds is 5. The molecule has 3 unspecified atom stereocenters. The van der Waals surface area contributed by atoms with Crippen molar-refractivity contribution in [2.75, 3.05) is 33.8 Å². The molecule has 2 saturated carbocycles. The molecule has 1 amide bonds. The first-order chi connectivity index (χ1) is 13.5. The number of nitrogens with one attached hydrogen (secondary N) is 2. The number of carbonyl (C=O) groups is 1. The number of carbonyl (C=O) groups excluding carboxylic acids is 1. The fourth-order valence-electron chi connectivity index (χ4n) is 4.43. The molecule has 168 valence electrons. The van der Waals surface area contributed by atoms with E-state index in [1.807, 2.05) is 0 Å². The van der Waals surface area contributed by atoms with E-state index in [4.69, 9.17) is 9.47 Å². The number of likely N-dealkylation sites (N-methyl/N-ethyl adjacent to an activating group) is 1. The van der Waals surface area contributed by atoms with Crippen molar-refractivity contribution >= 4 is 35.8 Å². The molecule has 1 saturated heterocycles. The van der Waals surface area contributed by atoms with Crippen molar-refractivity contribution in [2.24, 2.45) is 10.9 Å². The molecule has 0 aromatic rings. The maximum Gasteiger partial charge on any atom is 0.243 e. The first-order valence-corrected chi connectivity index (χ1v) is 11.0. The third-order valence-corrected chi connectivity index (χ3v) is 6.33. The minimum absolute atomic E-state index is 0. The Kier molecular flexibility index (Phi) is 9.94. The summed E-state index contributed by atoms with van der Waals surface area (Å²) in [5.74, 6) is 0.970. The lowest BCUT2D eigenvalue weighted by molar-refractivity contribution is -0.186. The molecule has 3 aliphatic rings. The molecule has 0 aromatic heterocycles. The van der Waals surface area contributed by atoms with E-state index in [1.54, 1.807) is 19.0 Å². The maximum absolute atomic E-state index is 12.0. The van der Waals surface area contributed by atoms with Gasteiger partial charge in [-0.25, -0.2) is 4.99 Å². The number of halogens is 1. The van der Waals surface area contributed by atoms with Crippen molar-refractivity contribution in [3.05, 3.63) is 0 Å². The molecule has 1 aliphatic heterocycles. The molecule has 0 radical (unpaired) electrons. The highest BCUT2D eigenvalue weighted by molar-refractivity contribution is 14.0. The van der Waals surface area contributed by atoms with Crippen LogP contribution in [0.3, 0.4) is 0 Å². The van der Waals surface area contributed by atoms with Crippen LogP contribution in [0.25, 0.3) is 0 Å². The summed E-state index contributed by atoms with van der Waals surface area (Å²) >= 11 is 0. The Morgan fingerprint density at radius 3 is 2.55 bits per heavy atom. The largest absolute Gasteiger partial charge is 0.354 e. The summed E-state index contributed by atoms with van der Waals surface area (Å²) in [5, 5.41) is 6.98. The van der Waals surface area contributed by atoms with Gasteiger partial charge in [-0.15, -0.1) is 24.0 Å². The first-order valence-electron chi connectivity index (χ1n) is 11.0. The zero-order valence-corrected chi connectivity index (χ0v) is 20.6. The Bertz CT molecular complexity index is 552. The van der Waals surface area contributed by atoms with Crippen LogP contribution >= 0.6 is 24.0 Å². The van der Waals surface area contributed by atoms with Crippen molar-refractivity contribution in [1.82, 2.24) is 15.5 Å². The second-order valence-corrected chi connectivity index (χ2v) is 8.87. The second kappa shape index (κ2) is 11.7. The van der Waals surface area contributed by atoms with Crippen LogP contribution in [0.2, 0.25) is 0 Å². The van der Waals surface area contributed by atoms with Gasteiger partial charge in [0.2, 0.25) is 5.91 Å². The van der Waals surface area contributed by atoms with E-state index in [0.717, 1.165) is 19.3 Å². The molecular formula is C21H39IN4O3. The summed E-state index contributed by atoms with van der Waals surface area (Å²) in [6.45, 7) is 3.71. The van der Waals surface area contributed by atoms with E-state index >= 15 is 0 Å². The number of amides is 1. The highest BCUT2D eigenvalue weighted by Crippen LogP contribution is 2.37. The maximum atomic E-state index is 12.0. The summed E-state index contributed by atoms with van der Waals surface area (Å²) in [6, 6.07) is 0.403. The molecule has 8 heteroatoms. The molecular weight excluding hydrogens is 483 g/mol. The topological polar surface area (TPSA) is 75.2 Å². The van der Waals surface area contributed by atoms with E-state index in [2.05, 4.69) is 22.5 Å². The van der Waals surface area contributed by atoms with Crippen molar-refractivity contribution in [3.8, 4) is 0 Å². The summed E-state index contributed by atoms with van der Waals surface area (Å²) in [6.07, 6.45) is 10.6. The molecule has 3 atom stereocenters. The van der Waals surface area contributed by atoms with Gasteiger partial charge in [-0.2, -0.15) is 0 Å². The van der Waals surface area contributed by atoms with Gasteiger partial charge in [0.25, 0.3) is 0 Å². The quantitative estimate of drug-likeness (QED) is 0.330. The predicted molar refractivity (Wildman–Crippen MR) is 126 cm³/mol. The van der Waals surface area contributed by atoms with Gasteiger partial charge in [0.1, 0.15) is 12.6 Å². The lowest BCUT2D eigenvalue weighted by Crippen LogP contribution is -2.49. The van der Waals surface area contributed by atoms with Gasteiger partial charge in [0.05, 0.1) is 6.61 Å². The number of guanidine groups is 1. The number of hydrogen-bond donors (Lipinski definition) is 2. The van der Waals surface area contributed by atoms with Gasteiger partial charge in [0.15, 0.2) is 11.7 Å². The summed E-state index contributed by atoms with van der Waals surface area (Å²) < 4.78 is 12.3. The van der Waals surface area contributed by atoms with Gasteiger partial charge in [-0.1, -0.05) is 26.2 Å². The Morgan fingerprint density at radius 1 is 1.14 bits per heavy atom. The SMILES string of the molecule is CC1CCCCC1NC(=NCC(=O)N(C)C)NCC1COC2(CCCCC2)O1.I. The number of hydrogen-bond acceptors (Lipinski definition) is 4. The predicted octanol–water partition coefficient (Wildman–Crippen LogP) is 2.88. The van der Waals surface area contributed by atoms with Crippen molar-refractivity contribution in [1.29, 1.82) is 0 Å². The smallest absolute Gasteiger partial charge is 0.243 e. The Balaban J connectivity index is 0.00000300. The van der Waals surface area contributed by atoms with Gasteiger partial charge in [-0.05, 0) is 31.6 Å². The van der Waals surface area contributed by atoms with Crippen LogP contribution < -0.4 is 10.6 Å². The third-order valence-electron chi connectivity index (χ3n) is 6.33. The second-order valence-electron chi connectivity index (χ2n) is 8.87. The third kappa shape index (κ3) is 7.24. The normalized spacial score (nSPS) is 29.2. The molecule has 0 bridgehead atoms. The van der Waals surface area contributed by atoms with Crippen LogP contribution in [0, 0.1) is 5.92 Å². The number of nitrogens with zero attached hydrogens (tertiary/aromatic N) is 2. The minimum atomic E-state index is -0.353. The summed E-state index contributed by atoms with van der Waals surface area (Å²) in [5.41, 5.74) is 0. The molecule has 1 spiro atoms. The molecule has 3 rings (SSSR count). The van der Waals surface area contributed by atoms with Gasteiger partial charge < -0.3 is 25.0 Å². The zero-order chi connectivity index (χ0) is 20.0. The Morgan fingerprint density at radius 2 is 1.86 bits per heavy atom. The van der Waals surface area contributed by atoms with Crippen molar-refractivity contribution in [3.63, 3.8) is 0 Å². The van der Waals surface area contributed by atoms with Crippen LogP contribution in [0.1, 0.15) is 64.7 Å². The van der Waals surface area contributed by atoms with E-state index in [1.165, 1.54) is 38.5 Å². The summed E-state index contributed by atoms with van der Waals surface area (Å²) in [4.78, 5) is 18.1. The molecule has 1 heterocycles. The van der Waals surface area contributed by atoms with Gasteiger partial charge in [-0.3, -0.25) is 4.79 Å². The van der Waals surface area contributed by atoms with E-state index < -0.39 is 0 Å². The molecule has 2 aliphatic carbocycles. The molecule has 3 fully saturated rings. The van der Waals surface area contributed by atoms with Crippen LogP contribution in [0.15, 0.2) is 4.99 Å². The number of aliphatic imine (C=N–C) groups is 1. The molecule has 2 N–H and O–H groups in total. The van der Waals surface area contributed by atoms with Crippen LogP contribution in [-0.4, -0.2) is 68.5 Å². The van der Waals surface area contributed by atoms with Gasteiger partial charge >= 0.3 is 0 Å². The lowest BCUT2D eigenvalue weighted by Gasteiger charge is -2.32. The van der Waals surface area contributed by atoms with Crippen LogP contribution in [0.5, 0.6) is 0 Å². The van der Waals surface area contributed by atoms with Crippen LogP contribution in [0.4, 0.5) is 0 Å². The molecule has 7 nitrogen and oxygen atoms in total. The molecule has 0 aromatic carbocycles. The van der Waals surface area contributed by atoms with E-state index in [9.17, 15) is 4.79 Å². The average molecular weight is 522 g/mol. The highest BCUT2D eigenvalue weighted by Gasteiger charge is 2.42. The number of ether oxygens (including phenoxy) is 2. The average Bonchev–Trinajstić information content (AvgIpc) is 3.07. The van der Waals surface area contributed by atoms with E-state index in [-0.39, 0.29) is 48.3 Å². The minimum Gasteiger partial charge on any atom is -0.354 e. The monoisotopic (exact) mass is 522 g/mol. The standard InChI is InChI=1S/C21H38N4O3.HI/c1-16-9-5-6-10-18(16)24-20(23-14-19(26)25(2)3)22-13-17-15-27-21(28-17)11-7-4-8-12-21;/h16-18H,4-15H2,1-3H3,(H2,22,23,24);1H. The zero-order valence-electron chi connectivity index (χ0n) is 18.2.